The first-order valence-corrected chi connectivity index (χ1v) is 9.31. The number of rotatable bonds is 6. The van der Waals surface area contributed by atoms with Gasteiger partial charge in [-0.25, -0.2) is 13.1 Å². The maximum absolute atomic E-state index is 12.2. The normalized spacial score (nSPS) is 11.3. The number of carbonyl (C=O) groups is 1. The molecule has 0 atom stereocenters. The van der Waals surface area contributed by atoms with E-state index in [1.54, 1.807) is 18.2 Å². The summed E-state index contributed by atoms with van der Waals surface area (Å²) in [6.07, 6.45) is 0. The van der Waals surface area contributed by atoms with Crippen molar-refractivity contribution in [3.05, 3.63) is 72.0 Å². The fourth-order valence-electron chi connectivity index (χ4n) is 2.30. The standard InChI is InChI=1S/C18H17N3O4S/c1-19-26(23,24)15-9-7-13(8-10-15)12-20-18(22)17-11-16(21-25-17)14-5-3-2-4-6-14/h2-11,19H,12H2,1H3,(H,20,22). The Balaban J connectivity index is 1.63. The lowest BCUT2D eigenvalue weighted by atomic mass is 10.1. The van der Waals surface area contributed by atoms with Crippen LogP contribution in [0.3, 0.4) is 0 Å². The molecule has 26 heavy (non-hydrogen) atoms. The summed E-state index contributed by atoms with van der Waals surface area (Å²) in [5, 5.41) is 6.62. The second kappa shape index (κ2) is 7.51. The zero-order valence-electron chi connectivity index (χ0n) is 14.0. The van der Waals surface area contributed by atoms with E-state index in [-0.39, 0.29) is 17.2 Å². The van der Waals surface area contributed by atoms with E-state index < -0.39 is 15.9 Å². The Labute approximate surface area is 151 Å². The monoisotopic (exact) mass is 371 g/mol. The summed E-state index contributed by atoms with van der Waals surface area (Å²) in [6.45, 7) is 0.236. The van der Waals surface area contributed by atoms with Crippen LogP contribution in [0.15, 0.2) is 70.1 Å². The molecule has 1 heterocycles. The Morgan fingerprint density at radius 3 is 2.42 bits per heavy atom. The highest BCUT2D eigenvalue weighted by atomic mass is 32.2. The fourth-order valence-corrected chi connectivity index (χ4v) is 3.03. The van der Waals surface area contributed by atoms with E-state index in [2.05, 4.69) is 15.2 Å². The molecule has 2 N–H and O–H groups in total. The van der Waals surface area contributed by atoms with Crippen LogP contribution in [-0.4, -0.2) is 26.5 Å². The number of nitrogens with one attached hydrogen (secondary N) is 2. The number of hydrogen-bond acceptors (Lipinski definition) is 5. The zero-order valence-corrected chi connectivity index (χ0v) is 14.8. The number of nitrogens with zero attached hydrogens (tertiary/aromatic N) is 1. The third-order valence-electron chi connectivity index (χ3n) is 3.76. The van der Waals surface area contributed by atoms with Crippen LogP contribution in [0.1, 0.15) is 16.1 Å². The molecular formula is C18H17N3O4S. The number of sulfonamides is 1. The van der Waals surface area contributed by atoms with E-state index in [9.17, 15) is 13.2 Å². The first-order chi connectivity index (χ1) is 12.5. The van der Waals surface area contributed by atoms with Crippen molar-refractivity contribution in [3.63, 3.8) is 0 Å². The van der Waals surface area contributed by atoms with Gasteiger partial charge in [0.25, 0.3) is 5.91 Å². The Morgan fingerprint density at radius 2 is 1.77 bits per heavy atom. The van der Waals surface area contributed by atoms with Gasteiger partial charge in [0, 0.05) is 18.2 Å². The minimum atomic E-state index is -3.47. The average molecular weight is 371 g/mol. The molecule has 0 bridgehead atoms. The third kappa shape index (κ3) is 3.98. The van der Waals surface area contributed by atoms with Gasteiger partial charge in [-0.1, -0.05) is 47.6 Å². The van der Waals surface area contributed by atoms with Gasteiger partial charge in [-0.15, -0.1) is 0 Å². The molecule has 0 aliphatic rings. The lowest BCUT2D eigenvalue weighted by molar-refractivity contribution is 0.0914. The van der Waals surface area contributed by atoms with Crippen LogP contribution in [0.25, 0.3) is 11.3 Å². The summed E-state index contributed by atoms with van der Waals surface area (Å²) >= 11 is 0. The van der Waals surface area contributed by atoms with Crippen molar-refractivity contribution in [2.75, 3.05) is 7.05 Å². The summed E-state index contributed by atoms with van der Waals surface area (Å²) in [4.78, 5) is 12.3. The van der Waals surface area contributed by atoms with Crippen LogP contribution < -0.4 is 10.0 Å². The SMILES string of the molecule is CNS(=O)(=O)c1ccc(CNC(=O)c2cc(-c3ccccc3)no2)cc1. The summed E-state index contributed by atoms with van der Waals surface area (Å²) < 4.78 is 30.7. The molecule has 0 aliphatic heterocycles. The van der Waals surface area contributed by atoms with Crippen molar-refractivity contribution in [2.24, 2.45) is 0 Å². The van der Waals surface area contributed by atoms with Gasteiger partial charge < -0.3 is 9.84 Å². The molecular weight excluding hydrogens is 354 g/mol. The molecule has 0 fully saturated rings. The molecule has 1 aromatic heterocycles. The van der Waals surface area contributed by atoms with Crippen LogP contribution in [-0.2, 0) is 16.6 Å². The van der Waals surface area contributed by atoms with Gasteiger partial charge in [0.05, 0.1) is 4.90 Å². The van der Waals surface area contributed by atoms with E-state index in [0.29, 0.717) is 5.69 Å². The van der Waals surface area contributed by atoms with Crippen molar-refractivity contribution < 1.29 is 17.7 Å². The van der Waals surface area contributed by atoms with Crippen LogP contribution in [0.4, 0.5) is 0 Å². The number of hydrogen-bond donors (Lipinski definition) is 2. The highest BCUT2D eigenvalue weighted by molar-refractivity contribution is 7.89. The number of carbonyl (C=O) groups excluding carboxylic acids is 1. The first-order valence-electron chi connectivity index (χ1n) is 7.82. The summed E-state index contributed by atoms with van der Waals surface area (Å²) in [5.74, 6) is -0.287. The quantitative estimate of drug-likeness (QED) is 0.692. The minimum Gasteiger partial charge on any atom is -0.350 e. The van der Waals surface area contributed by atoms with Crippen molar-refractivity contribution in [1.29, 1.82) is 0 Å². The molecule has 0 aliphatic carbocycles. The molecule has 3 aromatic rings. The Hall–Kier alpha value is -2.97. The molecule has 0 radical (unpaired) electrons. The maximum atomic E-state index is 12.2. The zero-order chi connectivity index (χ0) is 18.6. The van der Waals surface area contributed by atoms with Crippen LogP contribution in [0, 0.1) is 0 Å². The second-order valence-electron chi connectivity index (χ2n) is 5.48. The summed E-state index contributed by atoms with van der Waals surface area (Å²) in [7, 11) is -2.12. The third-order valence-corrected chi connectivity index (χ3v) is 5.19. The molecule has 0 saturated heterocycles. The molecule has 1 amide bonds. The lowest BCUT2D eigenvalue weighted by Crippen LogP contribution is -2.22. The highest BCUT2D eigenvalue weighted by Gasteiger charge is 2.14. The van der Waals surface area contributed by atoms with Gasteiger partial charge in [-0.05, 0) is 24.7 Å². The second-order valence-corrected chi connectivity index (χ2v) is 7.36. The topological polar surface area (TPSA) is 101 Å². The van der Waals surface area contributed by atoms with E-state index in [1.807, 2.05) is 30.3 Å². The summed E-state index contributed by atoms with van der Waals surface area (Å²) in [6, 6.07) is 17.2. The van der Waals surface area contributed by atoms with Gasteiger partial charge in [0.2, 0.25) is 15.8 Å². The van der Waals surface area contributed by atoms with Crippen molar-refractivity contribution in [2.45, 2.75) is 11.4 Å². The molecule has 0 unspecified atom stereocenters. The molecule has 3 rings (SSSR count). The van der Waals surface area contributed by atoms with Gasteiger partial charge in [0.15, 0.2) is 0 Å². The Kier molecular flexibility index (Phi) is 5.15. The van der Waals surface area contributed by atoms with Crippen molar-refractivity contribution in [3.8, 4) is 11.3 Å². The van der Waals surface area contributed by atoms with Crippen LogP contribution >= 0.6 is 0 Å². The fraction of sp³-hybridized carbons (Fsp3) is 0.111. The van der Waals surface area contributed by atoms with E-state index >= 15 is 0 Å². The number of benzene rings is 2. The van der Waals surface area contributed by atoms with Gasteiger partial charge in [-0.2, -0.15) is 0 Å². The lowest BCUT2D eigenvalue weighted by Gasteiger charge is -2.05. The first kappa shape index (κ1) is 17.8. The van der Waals surface area contributed by atoms with Gasteiger partial charge >= 0.3 is 0 Å². The smallest absolute Gasteiger partial charge is 0.290 e. The molecule has 0 spiro atoms. The Morgan fingerprint density at radius 1 is 1.08 bits per heavy atom. The predicted molar refractivity (Wildman–Crippen MR) is 95.8 cm³/mol. The average Bonchev–Trinajstić information content (AvgIpc) is 3.17. The highest BCUT2D eigenvalue weighted by Crippen LogP contribution is 2.18. The molecule has 0 saturated carbocycles. The number of amides is 1. The van der Waals surface area contributed by atoms with Crippen LogP contribution in [0.5, 0.6) is 0 Å². The predicted octanol–water partition coefficient (Wildman–Crippen LogP) is 2.18. The molecule has 7 nitrogen and oxygen atoms in total. The molecule has 2 aromatic carbocycles. The van der Waals surface area contributed by atoms with Gasteiger partial charge in [-0.3, -0.25) is 4.79 Å². The minimum absolute atomic E-state index is 0.109. The molecule has 8 heteroatoms. The van der Waals surface area contributed by atoms with E-state index in [0.717, 1.165) is 11.1 Å². The Bertz CT molecular complexity index is 996. The van der Waals surface area contributed by atoms with Gasteiger partial charge in [0.1, 0.15) is 5.69 Å². The van der Waals surface area contributed by atoms with Crippen molar-refractivity contribution >= 4 is 15.9 Å². The summed E-state index contributed by atoms with van der Waals surface area (Å²) in [5.41, 5.74) is 2.20. The van der Waals surface area contributed by atoms with Crippen molar-refractivity contribution in [1.82, 2.24) is 15.2 Å². The number of aromatic nitrogens is 1. The van der Waals surface area contributed by atoms with Crippen LogP contribution in [0.2, 0.25) is 0 Å². The largest absolute Gasteiger partial charge is 0.350 e. The van der Waals surface area contributed by atoms with E-state index in [4.69, 9.17) is 4.52 Å². The maximum Gasteiger partial charge on any atom is 0.290 e. The van der Waals surface area contributed by atoms with E-state index in [1.165, 1.54) is 19.2 Å². The molecule has 134 valence electrons.